The van der Waals surface area contributed by atoms with E-state index in [1.807, 2.05) is 0 Å². The molecule has 54 valence electrons. The summed E-state index contributed by atoms with van der Waals surface area (Å²) in [4.78, 5) is 13.6. The lowest BCUT2D eigenvalue weighted by molar-refractivity contribution is -0.132. The Morgan fingerprint density at radius 2 is 2.30 bits per heavy atom. The van der Waals surface area contributed by atoms with Gasteiger partial charge in [-0.05, 0) is 19.7 Å². The Labute approximate surface area is 59.4 Å². The Kier molecular flexibility index (Phi) is 3.87. The van der Waals surface area contributed by atoms with E-state index < -0.39 is 5.97 Å². The number of carbonyl (C=O) groups is 1. The molecule has 0 aromatic rings. The third-order valence-electron chi connectivity index (χ3n) is 0.917. The van der Waals surface area contributed by atoms with Crippen LogP contribution in [0.4, 0.5) is 0 Å². The molecule has 0 saturated heterocycles. The van der Waals surface area contributed by atoms with Crippen molar-refractivity contribution in [3.63, 3.8) is 0 Å². The fourth-order valence-electron chi connectivity index (χ4n) is 0.424. The SMILES string of the molecule is C=N/C=C\C(=C/C)C(=O)O. The third-order valence-corrected chi connectivity index (χ3v) is 0.917. The molecule has 0 saturated carbocycles. The van der Waals surface area contributed by atoms with Crippen LogP contribution in [0.1, 0.15) is 6.92 Å². The van der Waals surface area contributed by atoms with E-state index in [4.69, 9.17) is 5.11 Å². The van der Waals surface area contributed by atoms with Crippen molar-refractivity contribution < 1.29 is 9.90 Å². The number of nitrogens with zero attached hydrogens (tertiary/aromatic N) is 1. The summed E-state index contributed by atoms with van der Waals surface area (Å²) in [5.41, 5.74) is 0.215. The molecule has 3 heteroatoms. The van der Waals surface area contributed by atoms with Gasteiger partial charge in [0.15, 0.2) is 0 Å². The Bertz CT molecular complexity index is 192. The maximum atomic E-state index is 10.3. The first-order valence-corrected chi connectivity index (χ1v) is 2.74. The standard InChI is InChI=1S/C7H9NO2/c1-3-6(7(9)10)4-5-8-2/h3-5H,2H2,1H3,(H,9,10)/b5-4-,6-3+. The number of aliphatic carboxylic acids is 1. The average Bonchev–Trinajstić information content (AvgIpc) is 1.89. The zero-order valence-electron chi connectivity index (χ0n) is 5.74. The highest BCUT2D eigenvalue weighted by Gasteiger charge is 1.98. The van der Waals surface area contributed by atoms with Crippen LogP contribution in [-0.4, -0.2) is 17.8 Å². The predicted octanol–water partition coefficient (Wildman–Crippen LogP) is 1.23. The molecule has 3 nitrogen and oxygen atoms in total. The van der Waals surface area contributed by atoms with Gasteiger partial charge in [-0.25, -0.2) is 4.79 Å². The molecule has 10 heavy (non-hydrogen) atoms. The van der Waals surface area contributed by atoms with E-state index in [1.165, 1.54) is 18.4 Å². The van der Waals surface area contributed by atoms with Gasteiger partial charge in [0.05, 0.1) is 5.57 Å². The van der Waals surface area contributed by atoms with Crippen molar-refractivity contribution in [2.24, 2.45) is 4.99 Å². The van der Waals surface area contributed by atoms with Crippen molar-refractivity contribution in [3.05, 3.63) is 23.9 Å². The molecule has 0 bridgehead atoms. The Morgan fingerprint density at radius 3 is 2.60 bits per heavy atom. The number of carboxylic acid groups (broad SMARTS) is 1. The molecule has 0 aliphatic heterocycles. The Balaban J connectivity index is 4.25. The fourth-order valence-corrected chi connectivity index (χ4v) is 0.424. The molecule has 0 atom stereocenters. The summed E-state index contributed by atoms with van der Waals surface area (Å²) in [6, 6.07) is 0. The first-order chi connectivity index (χ1) is 4.72. The van der Waals surface area contributed by atoms with Crippen molar-refractivity contribution in [1.29, 1.82) is 0 Å². The first-order valence-electron chi connectivity index (χ1n) is 2.74. The van der Waals surface area contributed by atoms with E-state index in [0.29, 0.717) is 0 Å². The largest absolute Gasteiger partial charge is 0.478 e. The van der Waals surface area contributed by atoms with Crippen molar-refractivity contribution in [2.45, 2.75) is 6.92 Å². The molecule has 0 aliphatic carbocycles. The molecule has 0 aromatic carbocycles. The second-order valence-electron chi connectivity index (χ2n) is 1.55. The number of aliphatic imine (C=N–C) groups is 1. The predicted molar refractivity (Wildman–Crippen MR) is 40.1 cm³/mol. The molecule has 0 amide bonds. The number of carboxylic acids is 1. The van der Waals surface area contributed by atoms with Crippen LogP contribution in [0.3, 0.4) is 0 Å². The van der Waals surface area contributed by atoms with Gasteiger partial charge < -0.3 is 5.11 Å². The van der Waals surface area contributed by atoms with E-state index in [0.717, 1.165) is 0 Å². The molecule has 1 N–H and O–H groups in total. The Hall–Kier alpha value is -1.38. The van der Waals surface area contributed by atoms with Gasteiger partial charge in [0, 0.05) is 6.20 Å². The summed E-state index contributed by atoms with van der Waals surface area (Å²) in [7, 11) is 0. The van der Waals surface area contributed by atoms with Crippen LogP contribution < -0.4 is 0 Å². The van der Waals surface area contributed by atoms with Gasteiger partial charge in [0.1, 0.15) is 0 Å². The quantitative estimate of drug-likeness (QED) is 0.363. The monoisotopic (exact) mass is 139 g/mol. The fraction of sp³-hybridized carbons (Fsp3) is 0.143. The summed E-state index contributed by atoms with van der Waals surface area (Å²) >= 11 is 0. The van der Waals surface area contributed by atoms with Crippen LogP contribution in [0.15, 0.2) is 28.9 Å². The number of allylic oxidation sites excluding steroid dienone is 1. The number of rotatable bonds is 3. The van der Waals surface area contributed by atoms with Crippen LogP contribution >= 0.6 is 0 Å². The molecular formula is C7H9NO2. The molecule has 0 fully saturated rings. The first kappa shape index (κ1) is 8.62. The topological polar surface area (TPSA) is 49.7 Å². The van der Waals surface area contributed by atoms with Gasteiger partial charge in [-0.15, -0.1) is 0 Å². The van der Waals surface area contributed by atoms with Crippen LogP contribution in [0, 0.1) is 0 Å². The van der Waals surface area contributed by atoms with Gasteiger partial charge in [-0.3, -0.25) is 4.99 Å². The lowest BCUT2D eigenvalue weighted by Crippen LogP contribution is -1.96. The maximum Gasteiger partial charge on any atom is 0.335 e. The van der Waals surface area contributed by atoms with Crippen LogP contribution in [0.2, 0.25) is 0 Å². The summed E-state index contributed by atoms with van der Waals surface area (Å²) in [6.45, 7) is 4.82. The van der Waals surface area contributed by atoms with Crippen molar-refractivity contribution in [2.75, 3.05) is 0 Å². The third kappa shape index (κ3) is 2.81. The summed E-state index contributed by atoms with van der Waals surface area (Å²) in [6.07, 6.45) is 4.21. The van der Waals surface area contributed by atoms with Crippen LogP contribution in [0.5, 0.6) is 0 Å². The van der Waals surface area contributed by atoms with Gasteiger partial charge in [0.25, 0.3) is 0 Å². The van der Waals surface area contributed by atoms with E-state index in [2.05, 4.69) is 11.7 Å². The lowest BCUT2D eigenvalue weighted by atomic mass is 10.2. The lowest BCUT2D eigenvalue weighted by Gasteiger charge is -1.88. The maximum absolute atomic E-state index is 10.3. The molecule has 0 radical (unpaired) electrons. The zero-order chi connectivity index (χ0) is 7.98. The van der Waals surface area contributed by atoms with E-state index in [-0.39, 0.29) is 5.57 Å². The highest BCUT2D eigenvalue weighted by Crippen LogP contribution is 1.95. The van der Waals surface area contributed by atoms with Crippen LogP contribution in [-0.2, 0) is 4.79 Å². The van der Waals surface area contributed by atoms with Crippen molar-refractivity contribution in [1.82, 2.24) is 0 Å². The minimum absolute atomic E-state index is 0.215. The second kappa shape index (κ2) is 4.49. The molecular weight excluding hydrogens is 130 g/mol. The molecule has 0 rings (SSSR count). The molecule has 0 aliphatic rings. The zero-order valence-corrected chi connectivity index (χ0v) is 5.74. The smallest absolute Gasteiger partial charge is 0.335 e. The molecule has 0 aromatic heterocycles. The summed E-state index contributed by atoms with van der Waals surface area (Å²) < 4.78 is 0. The van der Waals surface area contributed by atoms with E-state index in [9.17, 15) is 4.79 Å². The second-order valence-corrected chi connectivity index (χ2v) is 1.55. The Morgan fingerprint density at radius 1 is 1.70 bits per heavy atom. The number of hydrogen-bond acceptors (Lipinski definition) is 2. The van der Waals surface area contributed by atoms with Gasteiger partial charge in [-0.1, -0.05) is 6.08 Å². The van der Waals surface area contributed by atoms with Gasteiger partial charge in [-0.2, -0.15) is 0 Å². The normalized spacial score (nSPS) is 11.9. The number of hydrogen-bond donors (Lipinski definition) is 1. The highest BCUT2D eigenvalue weighted by molar-refractivity contribution is 5.89. The van der Waals surface area contributed by atoms with Crippen molar-refractivity contribution >= 4 is 12.7 Å². The minimum atomic E-state index is -0.956. The summed E-state index contributed by atoms with van der Waals surface area (Å²) in [5.74, 6) is -0.956. The summed E-state index contributed by atoms with van der Waals surface area (Å²) in [5, 5.41) is 8.42. The minimum Gasteiger partial charge on any atom is -0.478 e. The highest BCUT2D eigenvalue weighted by atomic mass is 16.4. The van der Waals surface area contributed by atoms with Crippen molar-refractivity contribution in [3.8, 4) is 0 Å². The molecule has 0 unspecified atom stereocenters. The average molecular weight is 139 g/mol. The van der Waals surface area contributed by atoms with Gasteiger partial charge >= 0.3 is 5.97 Å². The molecule has 0 spiro atoms. The van der Waals surface area contributed by atoms with Crippen LogP contribution in [0.25, 0.3) is 0 Å². The van der Waals surface area contributed by atoms with Gasteiger partial charge in [0.2, 0.25) is 0 Å². The van der Waals surface area contributed by atoms with E-state index >= 15 is 0 Å². The van der Waals surface area contributed by atoms with E-state index in [1.54, 1.807) is 6.92 Å². The molecule has 0 heterocycles.